The number of hydrogen-bond donors (Lipinski definition) is 2. The number of benzene rings is 1. The Hall–Kier alpha value is -2.60. The van der Waals surface area contributed by atoms with Crippen molar-refractivity contribution < 1.29 is 14.3 Å². The Morgan fingerprint density at radius 1 is 1.19 bits per heavy atom. The molecule has 0 saturated carbocycles. The number of nitrogens with one attached hydrogen (secondary N) is 1. The third-order valence-corrected chi connectivity index (χ3v) is 4.19. The van der Waals surface area contributed by atoms with Gasteiger partial charge in [0.25, 0.3) is 0 Å². The van der Waals surface area contributed by atoms with E-state index in [4.69, 9.17) is 15.2 Å². The molecule has 1 heterocycles. The van der Waals surface area contributed by atoms with E-state index in [1.165, 1.54) is 0 Å². The van der Waals surface area contributed by atoms with Crippen LogP contribution >= 0.6 is 0 Å². The summed E-state index contributed by atoms with van der Waals surface area (Å²) in [6.45, 7) is 6.85. The van der Waals surface area contributed by atoms with Crippen molar-refractivity contribution in [3.63, 3.8) is 0 Å². The maximum absolute atomic E-state index is 12.0. The lowest BCUT2D eigenvalue weighted by Crippen LogP contribution is -2.44. The van der Waals surface area contributed by atoms with Crippen LogP contribution in [0.25, 0.3) is 0 Å². The quantitative estimate of drug-likeness (QED) is 0.719. The van der Waals surface area contributed by atoms with E-state index < -0.39 is 6.04 Å². The van der Waals surface area contributed by atoms with E-state index in [2.05, 4.69) is 10.3 Å². The highest BCUT2D eigenvalue weighted by Crippen LogP contribution is 2.30. The summed E-state index contributed by atoms with van der Waals surface area (Å²) in [4.78, 5) is 16.3. The number of amides is 1. The number of nitrogens with two attached hydrogens (primary N) is 1. The smallest absolute Gasteiger partial charge is 0.237 e. The van der Waals surface area contributed by atoms with Crippen molar-refractivity contribution in [1.82, 2.24) is 10.3 Å². The van der Waals surface area contributed by atoms with Gasteiger partial charge in [-0.05, 0) is 30.5 Å². The molecule has 2 rings (SSSR count). The Morgan fingerprint density at radius 2 is 1.92 bits per heavy atom. The third-order valence-electron chi connectivity index (χ3n) is 4.19. The molecule has 6 nitrogen and oxygen atoms in total. The van der Waals surface area contributed by atoms with Crippen LogP contribution in [-0.4, -0.2) is 23.5 Å². The van der Waals surface area contributed by atoms with Crippen LogP contribution in [0.15, 0.2) is 42.6 Å². The first-order valence-electron chi connectivity index (χ1n) is 8.93. The molecule has 0 bridgehead atoms. The number of nitrogens with zero attached hydrogens (tertiary/aromatic N) is 1. The molecule has 2 aromatic rings. The van der Waals surface area contributed by atoms with Crippen molar-refractivity contribution in [2.24, 2.45) is 11.7 Å². The highest BCUT2D eigenvalue weighted by Gasteiger charge is 2.18. The first kappa shape index (κ1) is 19.7. The minimum Gasteiger partial charge on any atom is -0.490 e. The lowest BCUT2D eigenvalue weighted by atomic mass is 9.99. The second-order valence-corrected chi connectivity index (χ2v) is 6.12. The fourth-order valence-electron chi connectivity index (χ4n) is 2.32. The van der Waals surface area contributed by atoms with E-state index in [-0.39, 0.29) is 11.8 Å². The zero-order valence-corrected chi connectivity index (χ0v) is 15.6. The molecule has 26 heavy (non-hydrogen) atoms. The molecule has 1 amide bonds. The summed E-state index contributed by atoms with van der Waals surface area (Å²) in [6.07, 6.45) is 2.54. The second kappa shape index (κ2) is 9.77. The van der Waals surface area contributed by atoms with Gasteiger partial charge in [-0.15, -0.1) is 0 Å². The van der Waals surface area contributed by atoms with Crippen molar-refractivity contribution in [1.29, 1.82) is 0 Å². The van der Waals surface area contributed by atoms with Crippen LogP contribution in [0.2, 0.25) is 0 Å². The molecule has 140 valence electrons. The number of carbonyl (C=O) groups excluding carboxylic acids is 1. The number of carbonyl (C=O) groups is 1. The second-order valence-electron chi connectivity index (χ2n) is 6.12. The molecule has 0 aliphatic heterocycles. The van der Waals surface area contributed by atoms with Gasteiger partial charge < -0.3 is 20.5 Å². The van der Waals surface area contributed by atoms with Gasteiger partial charge in [0.2, 0.25) is 11.8 Å². The molecule has 0 spiro atoms. The molecule has 6 heteroatoms. The fourth-order valence-corrected chi connectivity index (χ4v) is 2.32. The Bertz CT molecular complexity index is 704. The molecule has 3 N–H and O–H groups in total. The van der Waals surface area contributed by atoms with E-state index in [1.807, 2.05) is 51.1 Å². The maximum atomic E-state index is 12.0. The molecule has 2 unspecified atom stereocenters. The Balaban J connectivity index is 1.93. The average molecular weight is 357 g/mol. The lowest BCUT2D eigenvalue weighted by molar-refractivity contribution is -0.123. The van der Waals surface area contributed by atoms with Crippen LogP contribution < -0.4 is 20.5 Å². The number of rotatable bonds is 9. The van der Waals surface area contributed by atoms with Gasteiger partial charge in [0.1, 0.15) is 0 Å². The summed E-state index contributed by atoms with van der Waals surface area (Å²) >= 11 is 0. The van der Waals surface area contributed by atoms with Crippen LogP contribution in [-0.2, 0) is 11.3 Å². The average Bonchev–Trinajstić information content (AvgIpc) is 2.67. The first-order valence-corrected chi connectivity index (χ1v) is 8.93. The molecule has 1 aromatic carbocycles. The van der Waals surface area contributed by atoms with Crippen LogP contribution in [0, 0.1) is 5.92 Å². The molecule has 0 fully saturated rings. The number of aromatic nitrogens is 1. The summed E-state index contributed by atoms with van der Waals surface area (Å²) in [5.41, 5.74) is 6.80. The minimum absolute atomic E-state index is 0.148. The molecular formula is C20H27N3O3. The van der Waals surface area contributed by atoms with Crippen molar-refractivity contribution in [3.05, 3.63) is 48.2 Å². The van der Waals surface area contributed by atoms with E-state index in [1.54, 1.807) is 12.3 Å². The van der Waals surface area contributed by atoms with E-state index in [0.717, 1.165) is 12.0 Å². The van der Waals surface area contributed by atoms with Crippen LogP contribution in [0.5, 0.6) is 17.4 Å². The largest absolute Gasteiger partial charge is 0.490 e. The van der Waals surface area contributed by atoms with Gasteiger partial charge in [-0.1, -0.05) is 38.5 Å². The Kier molecular flexibility index (Phi) is 7.41. The van der Waals surface area contributed by atoms with Gasteiger partial charge in [-0.3, -0.25) is 4.79 Å². The third kappa shape index (κ3) is 5.46. The summed E-state index contributed by atoms with van der Waals surface area (Å²) < 4.78 is 11.3. The molecule has 0 aliphatic carbocycles. The Morgan fingerprint density at radius 3 is 2.54 bits per heavy atom. The van der Waals surface area contributed by atoms with E-state index in [9.17, 15) is 4.79 Å². The predicted molar refractivity (Wildman–Crippen MR) is 101 cm³/mol. The van der Waals surface area contributed by atoms with Crippen molar-refractivity contribution >= 4 is 5.91 Å². The van der Waals surface area contributed by atoms with Gasteiger partial charge in [-0.2, -0.15) is 0 Å². The number of hydrogen-bond acceptors (Lipinski definition) is 5. The molecule has 2 atom stereocenters. The number of para-hydroxylation sites is 2. The van der Waals surface area contributed by atoms with E-state index in [0.29, 0.717) is 30.5 Å². The summed E-state index contributed by atoms with van der Waals surface area (Å²) in [6, 6.07) is 10.6. The standard InChI is InChI=1S/C20H27N3O3/c1-4-14(3)19(21)20(24)23-13-15-10-11-18(22-12-15)26-17-9-7-6-8-16(17)25-5-2/h6-12,14,19H,4-5,13,21H2,1-3H3,(H,23,24). The zero-order chi connectivity index (χ0) is 18.9. The molecular weight excluding hydrogens is 330 g/mol. The molecule has 0 radical (unpaired) electrons. The predicted octanol–water partition coefficient (Wildman–Crippen LogP) is 3.26. The number of ether oxygens (including phenoxy) is 2. The van der Waals surface area contributed by atoms with Crippen molar-refractivity contribution in [3.8, 4) is 17.4 Å². The van der Waals surface area contributed by atoms with Gasteiger partial charge in [-0.25, -0.2) is 4.98 Å². The Labute approximate surface area is 154 Å². The SMILES string of the molecule is CCOc1ccccc1Oc1ccc(CNC(=O)C(N)C(C)CC)cn1. The van der Waals surface area contributed by atoms with Crippen molar-refractivity contribution in [2.45, 2.75) is 39.8 Å². The van der Waals surface area contributed by atoms with Crippen LogP contribution in [0.3, 0.4) is 0 Å². The van der Waals surface area contributed by atoms with Gasteiger partial charge >= 0.3 is 0 Å². The van der Waals surface area contributed by atoms with Crippen LogP contribution in [0.4, 0.5) is 0 Å². The highest BCUT2D eigenvalue weighted by molar-refractivity contribution is 5.81. The lowest BCUT2D eigenvalue weighted by Gasteiger charge is -2.17. The van der Waals surface area contributed by atoms with Gasteiger partial charge in [0, 0.05) is 18.8 Å². The topological polar surface area (TPSA) is 86.5 Å². The summed E-state index contributed by atoms with van der Waals surface area (Å²) in [5, 5.41) is 2.84. The maximum Gasteiger partial charge on any atom is 0.237 e. The highest BCUT2D eigenvalue weighted by atomic mass is 16.5. The fraction of sp³-hybridized carbons (Fsp3) is 0.400. The zero-order valence-electron chi connectivity index (χ0n) is 15.6. The first-order chi connectivity index (χ1) is 12.5. The molecule has 1 aromatic heterocycles. The van der Waals surface area contributed by atoms with E-state index >= 15 is 0 Å². The van der Waals surface area contributed by atoms with Gasteiger partial charge in [0.05, 0.1) is 12.6 Å². The summed E-state index contributed by atoms with van der Waals surface area (Å²) in [5.74, 6) is 1.75. The molecule has 0 saturated heterocycles. The summed E-state index contributed by atoms with van der Waals surface area (Å²) in [7, 11) is 0. The van der Waals surface area contributed by atoms with Gasteiger partial charge in [0.15, 0.2) is 11.5 Å². The minimum atomic E-state index is -0.495. The van der Waals surface area contributed by atoms with Crippen molar-refractivity contribution in [2.75, 3.05) is 6.61 Å². The van der Waals surface area contributed by atoms with Crippen LogP contribution in [0.1, 0.15) is 32.8 Å². The monoisotopic (exact) mass is 357 g/mol. The number of pyridine rings is 1. The normalized spacial score (nSPS) is 12.9. The molecule has 0 aliphatic rings.